The molecular weight excluding hydrogens is 336 g/mol. The smallest absolute Gasteiger partial charge is 0.270 e. The molecule has 5 heteroatoms. The third-order valence-electron chi connectivity index (χ3n) is 4.54. The summed E-state index contributed by atoms with van der Waals surface area (Å²) in [6.45, 7) is 2.13. The number of carbonyl (C=O) groups is 1. The van der Waals surface area contributed by atoms with Crippen LogP contribution in [0.25, 0.3) is 11.4 Å². The van der Waals surface area contributed by atoms with Gasteiger partial charge in [-0.2, -0.15) is 0 Å². The number of anilines is 2. The molecule has 0 radical (unpaired) electrons. The lowest BCUT2D eigenvalue weighted by molar-refractivity contribution is 0.0946. The van der Waals surface area contributed by atoms with Crippen LogP contribution in [0, 0.1) is 0 Å². The molecule has 1 saturated carbocycles. The van der Waals surface area contributed by atoms with E-state index in [0.29, 0.717) is 17.3 Å². The third kappa shape index (κ3) is 4.31. The Morgan fingerprint density at radius 2 is 1.78 bits per heavy atom. The van der Waals surface area contributed by atoms with Gasteiger partial charge >= 0.3 is 0 Å². The number of amides is 1. The van der Waals surface area contributed by atoms with Crippen LogP contribution < -0.4 is 10.6 Å². The fourth-order valence-corrected chi connectivity index (χ4v) is 2.80. The minimum Gasteiger partial charge on any atom is -0.348 e. The van der Waals surface area contributed by atoms with Crippen LogP contribution in [0.2, 0.25) is 0 Å². The molecule has 27 heavy (non-hydrogen) atoms. The summed E-state index contributed by atoms with van der Waals surface area (Å²) >= 11 is 0. The van der Waals surface area contributed by atoms with E-state index < -0.39 is 0 Å². The maximum absolute atomic E-state index is 12.5. The molecule has 0 saturated heterocycles. The standard InChI is InChI=1S/C22H22N4O/c1-2-15-8-10-17(11-9-15)23-20-14-19(22(27)24-18-12-13-18)25-21(26-20)16-6-4-3-5-7-16/h3-11,14,18H,2,12-13H2,1H3,(H,24,27)(H,23,25,26). The van der Waals surface area contributed by atoms with Crippen molar-refractivity contribution >= 4 is 17.4 Å². The molecule has 1 aliphatic rings. The highest BCUT2D eigenvalue weighted by Crippen LogP contribution is 2.23. The Hall–Kier alpha value is -3.21. The summed E-state index contributed by atoms with van der Waals surface area (Å²) in [7, 11) is 0. The highest BCUT2D eigenvalue weighted by Gasteiger charge is 2.25. The molecule has 2 N–H and O–H groups in total. The molecule has 1 aromatic heterocycles. The highest BCUT2D eigenvalue weighted by molar-refractivity contribution is 5.94. The van der Waals surface area contributed by atoms with E-state index in [4.69, 9.17) is 0 Å². The lowest BCUT2D eigenvalue weighted by Gasteiger charge is -2.11. The minimum atomic E-state index is -0.151. The largest absolute Gasteiger partial charge is 0.348 e. The van der Waals surface area contributed by atoms with Crippen LogP contribution >= 0.6 is 0 Å². The van der Waals surface area contributed by atoms with Crippen molar-refractivity contribution in [2.45, 2.75) is 32.2 Å². The van der Waals surface area contributed by atoms with Crippen LogP contribution in [0.4, 0.5) is 11.5 Å². The number of carbonyl (C=O) groups excluding carboxylic acids is 1. The van der Waals surface area contributed by atoms with Crippen molar-refractivity contribution in [3.63, 3.8) is 0 Å². The Morgan fingerprint density at radius 3 is 2.44 bits per heavy atom. The van der Waals surface area contributed by atoms with E-state index in [9.17, 15) is 4.79 Å². The molecule has 0 unspecified atom stereocenters. The van der Waals surface area contributed by atoms with Crippen LogP contribution in [0.15, 0.2) is 60.7 Å². The summed E-state index contributed by atoms with van der Waals surface area (Å²) in [6.07, 6.45) is 3.08. The molecule has 1 amide bonds. The quantitative estimate of drug-likeness (QED) is 0.688. The molecule has 136 valence electrons. The maximum atomic E-state index is 12.5. The summed E-state index contributed by atoms with van der Waals surface area (Å²) in [4.78, 5) is 21.6. The summed E-state index contributed by atoms with van der Waals surface area (Å²) < 4.78 is 0. The average molecular weight is 358 g/mol. The molecule has 0 atom stereocenters. The van der Waals surface area contributed by atoms with Gasteiger partial charge in [-0.05, 0) is 37.0 Å². The fourth-order valence-electron chi connectivity index (χ4n) is 2.80. The first-order chi connectivity index (χ1) is 13.2. The van der Waals surface area contributed by atoms with Crippen molar-refractivity contribution in [1.82, 2.24) is 15.3 Å². The number of aromatic nitrogens is 2. The van der Waals surface area contributed by atoms with Crippen molar-refractivity contribution in [3.05, 3.63) is 71.9 Å². The van der Waals surface area contributed by atoms with Crippen molar-refractivity contribution < 1.29 is 4.79 Å². The molecule has 2 aromatic carbocycles. The van der Waals surface area contributed by atoms with Crippen LogP contribution in [0.3, 0.4) is 0 Å². The fraction of sp³-hybridized carbons (Fsp3) is 0.227. The zero-order chi connectivity index (χ0) is 18.6. The molecule has 1 heterocycles. The Bertz CT molecular complexity index is 934. The Morgan fingerprint density at radius 1 is 1.04 bits per heavy atom. The number of nitrogens with zero attached hydrogens (tertiary/aromatic N) is 2. The predicted molar refractivity (Wildman–Crippen MR) is 107 cm³/mol. The first kappa shape index (κ1) is 17.2. The number of rotatable bonds is 6. The number of aryl methyl sites for hydroxylation is 1. The normalized spacial score (nSPS) is 13.2. The van der Waals surface area contributed by atoms with Gasteiger partial charge in [-0.25, -0.2) is 9.97 Å². The number of nitrogens with one attached hydrogen (secondary N) is 2. The molecule has 0 aliphatic heterocycles. The Kier molecular flexibility index (Phi) is 4.83. The second-order valence-electron chi connectivity index (χ2n) is 6.75. The van der Waals surface area contributed by atoms with Gasteiger partial charge in [0, 0.05) is 23.4 Å². The van der Waals surface area contributed by atoms with Gasteiger partial charge in [0.05, 0.1) is 0 Å². The van der Waals surface area contributed by atoms with E-state index in [0.717, 1.165) is 30.5 Å². The van der Waals surface area contributed by atoms with Gasteiger partial charge in [0.15, 0.2) is 5.82 Å². The first-order valence-corrected chi connectivity index (χ1v) is 9.32. The van der Waals surface area contributed by atoms with Gasteiger partial charge in [0.2, 0.25) is 0 Å². The minimum absolute atomic E-state index is 0.151. The summed E-state index contributed by atoms with van der Waals surface area (Å²) in [5.41, 5.74) is 3.46. The van der Waals surface area contributed by atoms with Gasteiger partial charge in [0.1, 0.15) is 11.5 Å². The molecule has 3 aromatic rings. The molecular formula is C22H22N4O. The summed E-state index contributed by atoms with van der Waals surface area (Å²) in [6, 6.07) is 19.9. The van der Waals surface area contributed by atoms with Gasteiger partial charge in [0.25, 0.3) is 5.91 Å². The van der Waals surface area contributed by atoms with E-state index in [2.05, 4.69) is 39.7 Å². The van der Waals surface area contributed by atoms with Crippen LogP contribution in [-0.2, 0) is 6.42 Å². The van der Waals surface area contributed by atoms with Gasteiger partial charge in [-0.1, -0.05) is 49.4 Å². The van der Waals surface area contributed by atoms with Crippen LogP contribution in [-0.4, -0.2) is 21.9 Å². The van der Waals surface area contributed by atoms with E-state index in [1.807, 2.05) is 42.5 Å². The van der Waals surface area contributed by atoms with Crippen molar-refractivity contribution in [3.8, 4) is 11.4 Å². The molecule has 1 aliphatic carbocycles. The van der Waals surface area contributed by atoms with Gasteiger partial charge in [-0.3, -0.25) is 4.79 Å². The van der Waals surface area contributed by atoms with Crippen LogP contribution in [0.1, 0.15) is 35.8 Å². The lowest BCUT2D eigenvalue weighted by Crippen LogP contribution is -2.26. The lowest BCUT2D eigenvalue weighted by atomic mass is 10.1. The molecule has 5 nitrogen and oxygen atoms in total. The van der Waals surface area contributed by atoms with Crippen molar-refractivity contribution in [1.29, 1.82) is 0 Å². The Balaban J connectivity index is 1.66. The topological polar surface area (TPSA) is 66.9 Å². The highest BCUT2D eigenvalue weighted by atomic mass is 16.2. The molecule has 0 spiro atoms. The van der Waals surface area contributed by atoms with E-state index in [1.54, 1.807) is 6.07 Å². The SMILES string of the molecule is CCc1ccc(Nc2cc(C(=O)NC3CC3)nc(-c3ccccc3)n2)cc1. The summed E-state index contributed by atoms with van der Waals surface area (Å²) in [5.74, 6) is 0.988. The number of hydrogen-bond donors (Lipinski definition) is 2. The van der Waals surface area contributed by atoms with E-state index in [1.165, 1.54) is 5.56 Å². The second kappa shape index (κ2) is 7.58. The molecule has 4 rings (SSSR count). The van der Waals surface area contributed by atoms with Crippen LogP contribution in [0.5, 0.6) is 0 Å². The van der Waals surface area contributed by atoms with Gasteiger partial charge < -0.3 is 10.6 Å². The maximum Gasteiger partial charge on any atom is 0.270 e. The monoisotopic (exact) mass is 358 g/mol. The van der Waals surface area contributed by atoms with Crippen molar-refractivity contribution in [2.24, 2.45) is 0 Å². The first-order valence-electron chi connectivity index (χ1n) is 9.32. The second-order valence-corrected chi connectivity index (χ2v) is 6.75. The zero-order valence-corrected chi connectivity index (χ0v) is 15.3. The number of hydrogen-bond acceptors (Lipinski definition) is 4. The Labute approximate surface area is 158 Å². The zero-order valence-electron chi connectivity index (χ0n) is 15.3. The predicted octanol–water partition coefficient (Wildman–Crippen LogP) is 4.34. The molecule has 0 bridgehead atoms. The number of benzene rings is 2. The van der Waals surface area contributed by atoms with Gasteiger partial charge in [-0.15, -0.1) is 0 Å². The average Bonchev–Trinajstić information content (AvgIpc) is 3.53. The van der Waals surface area contributed by atoms with Crippen molar-refractivity contribution in [2.75, 3.05) is 5.32 Å². The summed E-state index contributed by atoms with van der Waals surface area (Å²) in [5, 5.41) is 6.30. The van der Waals surface area contributed by atoms with E-state index >= 15 is 0 Å². The molecule has 1 fully saturated rings. The third-order valence-corrected chi connectivity index (χ3v) is 4.54. The van der Waals surface area contributed by atoms with E-state index in [-0.39, 0.29) is 11.9 Å².